The Labute approximate surface area is 122 Å². The third-order valence-corrected chi connectivity index (χ3v) is 3.83. The van der Waals surface area contributed by atoms with Gasteiger partial charge in [-0.1, -0.05) is 34.1 Å². The van der Waals surface area contributed by atoms with Crippen LogP contribution in [-0.4, -0.2) is 6.29 Å². The van der Waals surface area contributed by atoms with E-state index in [1.807, 2.05) is 24.3 Å². The highest BCUT2D eigenvalue weighted by Crippen LogP contribution is 2.27. The molecule has 0 spiro atoms. The molecule has 0 saturated heterocycles. The number of ether oxygens (including phenoxy) is 1. The van der Waals surface area contributed by atoms with Crippen LogP contribution >= 0.6 is 31.9 Å². The van der Waals surface area contributed by atoms with Crippen molar-refractivity contribution in [3.05, 3.63) is 62.5 Å². The highest BCUT2D eigenvalue weighted by Gasteiger charge is 2.04. The molecule has 2 rings (SSSR count). The second-order valence-corrected chi connectivity index (χ2v) is 5.40. The first-order valence-corrected chi connectivity index (χ1v) is 6.90. The Kier molecular flexibility index (Phi) is 4.55. The number of aldehydes is 1. The number of hydrogen-bond donors (Lipinski definition) is 0. The van der Waals surface area contributed by atoms with E-state index < -0.39 is 0 Å². The van der Waals surface area contributed by atoms with E-state index in [1.54, 1.807) is 18.2 Å². The molecule has 92 valence electrons. The molecule has 0 aliphatic carbocycles. The molecule has 0 N–H and O–H groups in total. The SMILES string of the molecule is O=Cc1ccc(OCc2ccccc2Br)c(Br)c1. The number of hydrogen-bond acceptors (Lipinski definition) is 2. The molecular formula is C14H10Br2O2. The van der Waals surface area contributed by atoms with Crippen molar-refractivity contribution >= 4 is 38.1 Å². The number of benzene rings is 2. The summed E-state index contributed by atoms with van der Waals surface area (Å²) in [5, 5.41) is 0. The van der Waals surface area contributed by atoms with Gasteiger partial charge in [-0.15, -0.1) is 0 Å². The molecule has 0 radical (unpaired) electrons. The molecule has 0 amide bonds. The van der Waals surface area contributed by atoms with Gasteiger partial charge in [-0.05, 0) is 40.2 Å². The van der Waals surface area contributed by atoms with Crippen molar-refractivity contribution in [2.24, 2.45) is 0 Å². The van der Waals surface area contributed by atoms with E-state index in [1.165, 1.54) is 0 Å². The Morgan fingerprint density at radius 2 is 1.83 bits per heavy atom. The average molecular weight is 370 g/mol. The minimum atomic E-state index is 0.473. The fourth-order valence-corrected chi connectivity index (χ4v) is 2.39. The molecule has 0 atom stereocenters. The first-order chi connectivity index (χ1) is 8.70. The lowest BCUT2D eigenvalue weighted by Crippen LogP contribution is -1.97. The molecule has 0 bridgehead atoms. The zero-order valence-electron chi connectivity index (χ0n) is 9.40. The first kappa shape index (κ1) is 13.3. The van der Waals surface area contributed by atoms with Gasteiger partial charge in [0.2, 0.25) is 0 Å². The maximum absolute atomic E-state index is 10.6. The maximum Gasteiger partial charge on any atom is 0.150 e. The zero-order valence-corrected chi connectivity index (χ0v) is 12.6. The van der Waals surface area contributed by atoms with Crippen molar-refractivity contribution in [3.8, 4) is 5.75 Å². The van der Waals surface area contributed by atoms with Crippen LogP contribution in [0.2, 0.25) is 0 Å². The van der Waals surface area contributed by atoms with Crippen LogP contribution in [0.4, 0.5) is 0 Å². The minimum absolute atomic E-state index is 0.473. The Balaban J connectivity index is 2.11. The summed E-state index contributed by atoms with van der Waals surface area (Å²) in [6.07, 6.45) is 0.808. The second-order valence-electron chi connectivity index (χ2n) is 3.69. The van der Waals surface area contributed by atoms with E-state index in [-0.39, 0.29) is 0 Å². The number of carbonyl (C=O) groups is 1. The monoisotopic (exact) mass is 368 g/mol. The van der Waals surface area contributed by atoms with Gasteiger partial charge in [-0.25, -0.2) is 0 Å². The third kappa shape index (κ3) is 3.21. The lowest BCUT2D eigenvalue weighted by Gasteiger charge is -2.09. The lowest BCUT2D eigenvalue weighted by atomic mass is 10.2. The van der Waals surface area contributed by atoms with Gasteiger partial charge in [0.25, 0.3) is 0 Å². The quantitative estimate of drug-likeness (QED) is 0.736. The Morgan fingerprint density at radius 3 is 2.50 bits per heavy atom. The fourth-order valence-electron chi connectivity index (χ4n) is 1.48. The van der Waals surface area contributed by atoms with Gasteiger partial charge in [0.05, 0.1) is 4.47 Å². The van der Waals surface area contributed by atoms with E-state index in [4.69, 9.17) is 4.74 Å². The van der Waals surface area contributed by atoms with Crippen molar-refractivity contribution in [3.63, 3.8) is 0 Å². The smallest absolute Gasteiger partial charge is 0.150 e. The molecule has 2 aromatic carbocycles. The molecule has 2 aromatic rings. The standard InChI is InChI=1S/C14H10Br2O2/c15-12-4-2-1-3-11(12)9-18-14-6-5-10(8-17)7-13(14)16/h1-8H,9H2. The summed E-state index contributed by atoms with van der Waals surface area (Å²) >= 11 is 6.86. The van der Waals surface area contributed by atoms with Crippen molar-refractivity contribution in [1.29, 1.82) is 0 Å². The van der Waals surface area contributed by atoms with Gasteiger partial charge < -0.3 is 4.74 Å². The van der Waals surface area contributed by atoms with Crippen LogP contribution in [0.15, 0.2) is 51.4 Å². The highest BCUT2D eigenvalue weighted by molar-refractivity contribution is 9.10. The molecule has 0 aliphatic heterocycles. The third-order valence-electron chi connectivity index (χ3n) is 2.43. The topological polar surface area (TPSA) is 26.3 Å². The summed E-state index contributed by atoms with van der Waals surface area (Å²) in [7, 11) is 0. The summed E-state index contributed by atoms with van der Waals surface area (Å²) < 4.78 is 7.51. The maximum atomic E-state index is 10.6. The lowest BCUT2D eigenvalue weighted by molar-refractivity contribution is 0.112. The molecule has 0 heterocycles. The number of carbonyl (C=O) groups excluding carboxylic acids is 1. The van der Waals surface area contributed by atoms with Gasteiger partial charge in [-0.2, -0.15) is 0 Å². The van der Waals surface area contributed by atoms with Crippen LogP contribution in [0.25, 0.3) is 0 Å². The largest absolute Gasteiger partial charge is 0.488 e. The van der Waals surface area contributed by atoms with E-state index in [9.17, 15) is 4.79 Å². The summed E-state index contributed by atoms with van der Waals surface area (Å²) in [6.45, 7) is 0.473. The average Bonchev–Trinajstić information content (AvgIpc) is 2.39. The van der Waals surface area contributed by atoms with Crippen LogP contribution in [0.3, 0.4) is 0 Å². The normalized spacial score (nSPS) is 10.1. The summed E-state index contributed by atoms with van der Waals surface area (Å²) in [6, 6.07) is 13.2. The summed E-state index contributed by atoms with van der Waals surface area (Å²) in [5.74, 6) is 0.719. The van der Waals surface area contributed by atoms with Crippen LogP contribution in [-0.2, 0) is 6.61 Å². The predicted octanol–water partition coefficient (Wildman–Crippen LogP) is 4.60. The number of rotatable bonds is 4. The van der Waals surface area contributed by atoms with Gasteiger partial charge in [-0.3, -0.25) is 4.79 Å². The Morgan fingerprint density at radius 1 is 1.06 bits per heavy atom. The van der Waals surface area contributed by atoms with Crippen molar-refractivity contribution in [2.45, 2.75) is 6.61 Å². The summed E-state index contributed by atoms with van der Waals surface area (Å²) in [4.78, 5) is 10.6. The highest BCUT2D eigenvalue weighted by atomic mass is 79.9. The fraction of sp³-hybridized carbons (Fsp3) is 0.0714. The van der Waals surface area contributed by atoms with Gasteiger partial charge in [0, 0.05) is 15.6 Å². The molecule has 0 aromatic heterocycles. The molecule has 0 fully saturated rings. The van der Waals surface area contributed by atoms with E-state index >= 15 is 0 Å². The van der Waals surface area contributed by atoms with Crippen LogP contribution in [0, 0.1) is 0 Å². The van der Waals surface area contributed by atoms with E-state index in [0.29, 0.717) is 12.2 Å². The molecule has 4 heteroatoms. The van der Waals surface area contributed by atoms with Crippen molar-refractivity contribution in [1.82, 2.24) is 0 Å². The molecule has 18 heavy (non-hydrogen) atoms. The van der Waals surface area contributed by atoms with Gasteiger partial charge in [0.15, 0.2) is 0 Å². The van der Waals surface area contributed by atoms with Crippen molar-refractivity contribution < 1.29 is 9.53 Å². The molecule has 0 aliphatic rings. The Hall–Kier alpha value is -1.13. The van der Waals surface area contributed by atoms with E-state index in [0.717, 1.165) is 26.5 Å². The van der Waals surface area contributed by atoms with Crippen LogP contribution in [0.1, 0.15) is 15.9 Å². The molecule has 0 saturated carbocycles. The van der Waals surface area contributed by atoms with Crippen LogP contribution < -0.4 is 4.74 Å². The molecule has 2 nitrogen and oxygen atoms in total. The molecule has 0 unspecified atom stereocenters. The van der Waals surface area contributed by atoms with Gasteiger partial charge >= 0.3 is 0 Å². The summed E-state index contributed by atoms with van der Waals surface area (Å²) in [5.41, 5.74) is 1.69. The number of halogens is 2. The van der Waals surface area contributed by atoms with Crippen LogP contribution in [0.5, 0.6) is 5.75 Å². The van der Waals surface area contributed by atoms with Gasteiger partial charge in [0.1, 0.15) is 18.6 Å². The predicted molar refractivity (Wildman–Crippen MR) is 78.0 cm³/mol. The first-order valence-electron chi connectivity index (χ1n) is 5.31. The van der Waals surface area contributed by atoms with E-state index in [2.05, 4.69) is 31.9 Å². The minimum Gasteiger partial charge on any atom is -0.488 e. The van der Waals surface area contributed by atoms with Crippen molar-refractivity contribution in [2.75, 3.05) is 0 Å². The second kappa shape index (κ2) is 6.16. The Bertz CT molecular complexity index is 567. The zero-order chi connectivity index (χ0) is 13.0. The molecular weight excluding hydrogens is 360 g/mol.